The van der Waals surface area contributed by atoms with Crippen molar-refractivity contribution < 1.29 is 4.79 Å². The lowest BCUT2D eigenvalue weighted by Crippen LogP contribution is -2.46. The molecule has 1 N–H and O–H groups in total. The van der Waals surface area contributed by atoms with E-state index < -0.39 is 0 Å². The molecule has 1 unspecified atom stereocenters. The van der Waals surface area contributed by atoms with Crippen LogP contribution in [0, 0.1) is 0 Å². The van der Waals surface area contributed by atoms with Gasteiger partial charge in [-0.3, -0.25) is 9.69 Å². The van der Waals surface area contributed by atoms with Crippen LogP contribution in [-0.4, -0.2) is 29.4 Å². The number of nitrogens with zero attached hydrogens (tertiary/aromatic N) is 1. The highest BCUT2D eigenvalue weighted by molar-refractivity contribution is 5.82. The molecule has 1 amide bonds. The zero-order valence-electron chi connectivity index (χ0n) is 12.1. The van der Waals surface area contributed by atoms with E-state index in [1.54, 1.807) is 0 Å². The summed E-state index contributed by atoms with van der Waals surface area (Å²) in [7, 11) is 0. The molecule has 0 spiro atoms. The molecule has 1 aliphatic rings. The van der Waals surface area contributed by atoms with E-state index in [2.05, 4.69) is 36.2 Å². The van der Waals surface area contributed by atoms with Crippen LogP contribution in [0.2, 0.25) is 0 Å². The van der Waals surface area contributed by atoms with E-state index in [1.165, 1.54) is 0 Å². The number of rotatable bonds is 4. The molecule has 1 fully saturated rings. The molecule has 2 rings (SSSR count). The molecule has 104 valence electrons. The molecule has 1 heterocycles. The second-order valence-corrected chi connectivity index (χ2v) is 5.63. The average Bonchev–Trinajstić information content (AvgIpc) is 2.89. The molecule has 0 aliphatic carbocycles. The number of hydrogen-bond acceptors (Lipinski definition) is 2. The van der Waals surface area contributed by atoms with Crippen LogP contribution in [0.25, 0.3) is 0 Å². The van der Waals surface area contributed by atoms with Gasteiger partial charge in [-0.05, 0) is 45.7 Å². The quantitative estimate of drug-likeness (QED) is 0.903. The Kier molecular flexibility index (Phi) is 4.59. The van der Waals surface area contributed by atoms with Crippen molar-refractivity contribution in [3.63, 3.8) is 0 Å². The molecule has 0 aromatic heterocycles. The summed E-state index contributed by atoms with van der Waals surface area (Å²) in [6.07, 6.45) is 2.10. The number of carbonyl (C=O) groups excluding carboxylic acids is 1. The smallest absolute Gasteiger partial charge is 0.237 e. The van der Waals surface area contributed by atoms with Gasteiger partial charge in [0.05, 0.1) is 12.1 Å². The average molecular weight is 260 g/mol. The van der Waals surface area contributed by atoms with E-state index in [0.717, 1.165) is 24.9 Å². The van der Waals surface area contributed by atoms with Crippen LogP contribution in [0.3, 0.4) is 0 Å². The van der Waals surface area contributed by atoms with Gasteiger partial charge in [0.1, 0.15) is 0 Å². The summed E-state index contributed by atoms with van der Waals surface area (Å²) in [5, 5.41) is 3.14. The Morgan fingerprint density at radius 2 is 1.95 bits per heavy atom. The summed E-state index contributed by atoms with van der Waals surface area (Å²) in [4.78, 5) is 14.7. The van der Waals surface area contributed by atoms with Gasteiger partial charge in [-0.25, -0.2) is 0 Å². The predicted octanol–water partition coefficient (Wildman–Crippen LogP) is 2.74. The summed E-state index contributed by atoms with van der Waals surface area (Å²) in [5.41, 5.74) is 1.16. The van der Waals surface area contributed by atoms with Gasteiger partial charge < -0.3 is 5.32 Å². The number of amides is 1. The molecule has 1 aromatic rings. The number of hydrogen-bond donors (Lipinski definition) is 1. The summed E-state index contributed by atoms with van der Waals surface area (Å²) in [6, 6.07) is 10.7. The topological polar surface area (TPSA) is 32.3 Å². The van der Waals surface area contributed by atoms with Crippen LogP contribution in [0.1, 0.15) is 45.2 Å². The Morgan fingerprint density at radius 1 is 1.26 bits per heavy atom. The lowest BCUT2D eigenvalue weighted by Gasteiger charge is -2.28. The van der Waals surface area contributed by atoms with E-state index in [0.29, 0.717) is 6.04 Å². The molecule has 1 aliphatic heterocycles. The molecular formula is C16H24N2O. The van der Waals surface area contributed by atoms with Crippen LogP contribution >= 0.6 is 0 Å². The van der Waals surface area contributed by atoms with E-state index in [-0.39, 0.29) is 18.0 Å². The highest BCUT2D eigenvalue weighted by Gasteiger charge is 2.32. The second kappa shape index (κ2) is 6.20. The van der Waals surface area contributed by atoms with Gasteiger partial charge in [0.2, 0.25) is 5.91 Å². The molecule has 1 aromatic carbocycles. The van der Waals surface area contributed by atoms with Crippen LogP contribution in [-0.2, 0) is 4.79 Å². The van der Waals surface area contributed by atoms with Gasteiger partial charge in [0, 0.05) is 6.04 Å². The molecule has 3 nitrogen and oxygen atoms in total. The maximum atomic E-state index is 12.4. The predicted molar refractivity (Wildman–Crippen MR) is 77.9 cm³/mol. The molecule has 0 bridgehead atoms. The normalized spacial score (nSPS) is 21.6. The van der Waals surface area contributed by atoms with Gasteiger partial charge in [-0.1, -0.05) is 30.3 Å². The van der Waals surface area contributed by atoms with Crippen LogP contribution < -0.4 is 5.32 Å². The molecule has 19 heavy (non-hydrogen) atoms. The number of likely N-dealkylation sites (tertiary alicyclic amines) is 1. The minimum absolute atomic E-state index is 0.0474. The molecule has 3 heteroatoms. The largest absolute Gasteiger partial charge is 0.348 e. The van der Waals surface area contributed by atoms with Gasteiger partial charge >= 0.3 is 0 Å². The zero-order chi connectivity index (χ0) is 13.8. The Bertz CT molecular complexity index is 416. The van der Waals surface area contributed by atoms with Crippen molar-refractivity contribution in [1.29, 1.82) is 0 Å². The van der Waals surface area contributed by atoms with Crippen molar-refractivity contribution >= 4 is 5.91 Å². The van der Waals surface area contributed by atoms with Gasteiger partial charge in [-0.15, -0.1) is 0 Å². The summed E-state index contributed by atoms with van der Waals surface area (Å²) >= 11 is 0. The van der Waals surface area contributed by atoms with Crippen molar-refractivity contribution in [2.75, 3.05) is 6.54 Å². The van der Waals surface area contributed by atoms with Crippen LogP contribution in [0.15, 0.2) is 30.3 Å². The third-order valence-corrected chi connectivity index (χ3v) is 3.92. The Morgan fingerprint density at radius 3 is 2.58 bits per heavy atom. The standard InChI is InChI=1S/C16H24N2O/c1-12(2)18-11-7-10-15(18)16(19)17-13(3)14-8-5-4-6-9-14/h4-6,8-9,12-13,15H,7,10-11H2,1-3H3,(H,17,19)/t13?,15-/m0/s1. The highest BCUT2D eigenvalue weighted by Crippen LogP contribution is 2.21. The first-order valence-corrected chi connectivity index (χ1v) is 7.20. The first-order valence-electron chi connectivity index (χ1n) is 7.20. The minimum Gasteiger partial charge on any atom is -0.348 e. The number of carbonyl (C=O) groups is 1. The summed E-state index contributed by atoms with van der Waals surface area (Å²) in [5.74, 6) is 0.169. The summed E-state index contributed by atoms with van der Waals surface area (Å²) < 4.78 is 0. The molecule has 0 radical (unpaired) electrons. The first kappa shape index (κ1) is 14.1. The fraction of sp³-hybridized carbons (Fsp3) is 0.562. The second-order valence-electron chi connectivity index (χ2n) is 5.63. The maximum Gasteiger partial charge on any atom is 0.237 e. The maximum absolute atomic E-state index is 12.4. The molecular weight excluding hydrogens is 236 g/mol. The summed E-state index contributed by atoms with van der Waals surface area (Å²) in [6.45, 7) is 7.40. The van der Waals surface area contributed by atoms with E-state index in [4.69, 9.17) is 0 Å². The van der Waals surface area contributed by atoms with Gasteiger partial charge in [0.25, 0.3) is 0 Å². The van der Waals surface area contributed by atoms with Crippen molar-refractivity contribution in [1.82, 2.24) is 10.2 Å². The molecule has 1 saturated heterocycles. The Hall–Kier alpha value is -1.35. The number of nitrogens with one attached hydrogen (secondary N) is 1. The van der Waals surface area contributed by atoms with Gasteiger partial charge in [0.15, 0.2) is 0 Å². The lowest BCUT2D eigenvalue weighted by atomic mass is 10.1. The Balaban J connectivity index is 1.97. The van der Waals surface area contributed by atoms with Crippen LogP contribution in [0.5, 0.6) is 0 Å². The zero-order valence-corrected chi connectivity index (χ0v) is 12.1. The number of benzene rings is 1. The monoisotopic (exact) mass is 260 g/mol. The van der Waals surface area contributed by atoms with Crippen molar-refractivity contribution in [2.45, 2.75) is 51.7 Å². The highest BCUT2D eigenvalue weighted by atomic mass is 16.2. The SMILES string of the molecule is CC(NC(=O)[C@@H]1CCCN1C(C)C)c1ccccc1. The third kappa shape index (κ3) is 3.35. The van der Waals surface area contributed by atoms with E-state index >= 15 is 0 Å². The van der Waals surface area contributed by atoms with Crippen molar-refractivity contribution in [2.24, 2.45) is 0 Å². The van der Waals surface area contributed by atoms with E-state index in [9.17, 15) is 4.79 Å². The lowest BCUT2D eigenvalue weighted by molar-refractivity contribution is -0.126. The van der Waals surface area contributed by atoms with Crippen molar-refractivity contribution in [3.8, 4) is 0 Å². The van der Waals surface area contributed by atoms with Gasteiger partial charge in [-0.2, -0.15) is 0 Å². The van der Waals surface area contributed by atoms with Crippen molar-refractivity contribution in [3.05, 3.63) is 35.9 Å². The fourth-order valence-electron chi connectivity index (χ4n) is 2.82. The minimum atomic E-state index is 0.0474. The third-order valence-electron chi connectivity index (χ3n) is 3.92. The first-order chi connectivity index (χ1) is 9.09. The van der Waals surface area contributed by atoms with Crippen LogP contribution in [0.4, 0.5) is 0 Å². The fourth-order valence-corrected chi connectivity index (χ4v) is 2.82. The van der Waals surface area contributed by atoms with E-state index in [1.807, 2.05) is 25.1 Å². The molecule has 2 atom stereocenters. The molecule has 0 saturated carbocycles. The Labute approximate surface area is 116 Å².